The van der Waals surface area contributed by atoms with Crippen LogP contribution < -0.4 is 0 Å². The Morgan fingerprint density at radius 2 is 2.00 bits per heavy atom. The standard InChI is InChI=1S/C5H10O3S/c1-3-4-5(2)9(6,7)8/h3-5H,1-2H3,(H,6,7,8)/p-1. The summed E-state index contributed by atoms with van der Waals surface area (Å²) >= 11 is 0. The van der Waals surface area contributed by atoms with Crippen LogP contribution in [-0.4, -0.2) is 18.2 Å². The van der Waals surface area contributed by atoms with Crippen molar-refractivity contribution in [2.24, 2.45) is 0 Å². The highest BCUT2D eigenvalue weighted by Gasteiger charge is 2.02. The van der Waals surface area contributed by atoms with E-state index in [0.717, 1.165) is 0 Å². The summed E-state index contributed by atoms with van der Waals surface area (Å²) in [5.41, 5.74) is 0. The van der Waals surface area contributed by atoms with Gasteiger partial charge < -0.3 is 4.55 Å². The summed E-state index contributed by atoms with van der Waals surface area (Å²) < 4.78 is 30.3. The zero-order valence-electron chi connectivity index (χ0n) is 5.37. The number of hydrogen-bond acceptors (Lipinski definition) is 3. The summed E-state index contributed by atoms with van der Waals surface area (Å²) in [4.78, 5) is 0. The molecule has 0 aromatic carbocycles. The number of hydrogen-bond donors (Lipinski definition) is 0. The van der Waals surface area contributed by atoms with Gasteiger partial charge in [0.05, 0.1) is 5.25 Å². The minimum Gasteiger partial charge on any atom is -0.747 e. The summed E-state index contributed by atoms with van der Waals surface area (Å²) in [6.07, 6.45) is 2.89. The predicted molar refractivity (Wildman–Crippen MR) is 34.0 cm³/mol. The van der Waals surface area contributed by atoms with E-state index in [1.54, 1.807) is 13.0 Å². The summed E-state index contributed by atoms with van der Waals surface area (Å²) in [7, 11) is -4.10. The summed E-state index contributed by atoms with van der Waals surface area (Å²) in [6.45, 7) is 3.02. The Kier molecular flexibility index (Phi) is 2.87. The van der Waals surface area contributed by atoms with Gasteiger partial charge in [0.2, 0.25) is 0 Å². The molecule has 0 aromatic rings. The van der Waals surface area contributed by atoms with Gasteiger partial charge in [-0.25, -0.2) is 8.42 Å². The fourth-order valence-electron chi connectivity index (χ4n) is 0.367. The Hall–Kier alpha value is -0.350. The van der Waals surface area contributed by atoms with Gasteiger partial charge in [0.1, 0.15) is 10.1 Å². The second-order valence-electron chi connectivity index (χ2n) is 1.72. The molecule has 0 aromatic heterocycles. The van der Waals surface area contributed by atoms with E-state index in [0.29, 0.717) is 0 Å². The van der Waals surface area contributed by atoms with E-state index in [4.69, 9.17) is 0 Å². The van der Waals surface area contributed by atoms with E-state index in [9.17, 15) is 13.0 Å². The molecule has 54 valence electrons. The monoisotopic (exact) mass is 149 g/mol. The Bertz CT molecular complexity index is 190. The van der Waals surface area contributed by atoms with Crippen LogP contribution >= 0.6 is 0 Å². The van der Waals surface area contributed by atoms with Gasteiger partial charge in [-0.3, -0.25) is 0 Å². The molecule has 1 atom stereocenters. The molecule has 9 heavy (non-hydrogen) atoms. The maximum Gasteiger partial charge on any atom is 0.101 e. The third kappa shape index (κ3) is 3.26. The molecule has 1 unspecified atom stereocenters. The van der Waals surface area contributed by atoms with Crippen molar-refractivity contribution in [2.75, 3.05) is 0 Å². The molecule has 4 heteroatoms. The first-order valence-corrected chi connectivity index (χ1v) is 4.03. The van der Waals surface area contributed by atoms with Gasteiger partial charge in [-0.15, -0.1) is 0 Å². The maximum absolute atomic E-state index is 10.1. The molecule has 0 aliphatic rings. The molecular formula is C5H9O3S-. The maximum atomic E-state index is 10.1. The molecule has 0 spiro atoms. The molecule has 0 heterocycles. The molecular weight excluding hydrogens is 140 g/mol. The lowest BCUT2D eigenvalue weighted by Gasteiger charge is -2.10. The average Bonchev–Trinajstić information content (AvgIpc) is 1.64. The molecule has 0 fully saturated rings. The lowest BCUT2D eigenvalue weighted by Crippen LogP contribution is -2.13. The molecule has 3 nitrogen and oxygen atoms in total. The Morgan fingerprint density at radius 3 is 2.11 bits per heavy atom. The van der Waals surface area contributed by atoms with Crippen LogP contribution in [0.2, 0.25) is 0 Å². The Labute approximate surface area is 55.1 Å². The molecule has 0 bridgehead atoms. The van der Waals surface area contributed by atoms with E-state index in [1.807, 2.05) is 0 Å². The Morgan fingerprint density at radius 1 is 1.56 bits per heavy atom. The molecule has 0 aliphatic carbocycles. The van der Waals surface area contributed by atoms with Gasteiger partial charge in [0.15, 0.2) is 0 Å². The fraction of sp³-hybridized carbons (Fsp3) is 0.600. The third-order valence-corrected chi connectivity index (χ3v) is 1.99. The van der Waals surface area contributed by atoms with Crippen LogP contribution in [0, 0.1) is 0 Å². The van der Waals surface area contributed by atoms with Crippen LogP contribution in [-0.2, 0) is 10.1 Å². The van der Waals surface area contributed by atoms with Gasteiger partial charge in [0, 0.05) is 0 Å². The topological polar surface area (TPSA) is 57.2 Å². The largest absolute Gasteiger partial charge is 0.747 e. The van der Waals surface area contributed by atoms with Gasteiger partial charge >= 0.3 is 0 Å². The van der Waals surface area contributed by atoms with Gasteiger partial charge in [-0.2, -0.15) is 0 Å². The van der Waals surface area contributed by atoms with Crippen LogP contribution in [0.4, 0.5) is 0 Å². The van der Waals surface area contributed by atoms with Crippen molar-refractivity contribution < 1.29 is 13.0 Å². The van der Waals surface area contributed by atoms with Crippen molar-refractivity contribution in [3.63, 3.8) is 0 Å². The Balaban J connectivity index is 4.24. The zero-order chi connectivity index (χ0) is 7.49. The number of rotatable bonds is 2. The van der Waals surface area contributed by atoms with E-state index >= 15 is 0 Å². The molecule has 0 saturated heterocycles. The van der Waals surface area contributed by atoms with Crippen molar-refractivity contribution in [3.05, 3.63) is 12.2 Å². The van der Waals surface area contributed by atoms with E-state index in [-0.39, 0.29) is 0 Å². The molecule has 0 amide bonds. The SMILES string of the molecule is CC=CC(C)S(=O)(=O)[O-]. The van der Waals surface area contributed by atoms with Gasteiger partial charge in [-0.1, -0.05) is 12.2 Å². The quantitative estimate of drug-likeness (QED) is 0.424. The predicted octanol–water partition coefficient (Wildman–Crippen LogP) is 0.496. The van der Waals surface area contributed by atoms with Gasteiger partial charge in [-0.05, 0) is 13.8 Å². The highest BCUT2D eigenvalue weighted by Crippen LogP contribution is 1.97. The smallest absolute Gasteiger partial charge is 0.101 e. The highest BCUT2D eigenvalue weighted by molar-refractivity contribution is 7.86. The van der Waals surface area contributed by atoms with E-state index < -0.39 is 15.4 Å². The fourth-order valence-corrected chi connectivity index (χ4v) is 0.717. The molecule has 0 saturated carbocycles. The minimum atomic E-state index is -4.10. The van der Waals surface area contributed by atoms with Gasteiger partial charge in [0.25, 0.3) is 0 Å². The van der Waals surface area contributed by atoms with Crippen molar-refractivity contribution in [2.45, 2.75) is 19.1 Å². The van der Waals surface area contributed by atoms with Crippen LogP contribution in [0.5, 0.6) is 0 Å². The van der Waals surface area contributed by atoms with Crippen LogP contribution in [0.15, 0.2) is 12.2 Å². The summed E-state index contributed by atoms with van der Waals surface area (Å²) in [5.74, 6) is 0. The van der Waals surface area contributed by atoms with Crippen LogP contribution in [0.1, 0.15) is 13.8 Å². The second kappa shape index (κ2) is 2.98. The second-order valence-corrected chi connectivity index (χ2v) is 3.45. The summed E-state index contributed by atoms with van der Waals surface area (Å²) in [5, 5.41) is -0.900. The van der Waals surface area contributed by atoms with Crippen molar-refractivity contribution in [1.82, 2.24) is 0 Å². The summed E-state index contributed by atoms with van der Waals surface area (Å²) in [6, 6.07) is 0. The zero-order valence-corrected chi connectivity index (χ0v) is 6.18. The van der Waals surface area contributed by atoms with E-state index in [1.165, 1.54) is 13.0 Å². The highest BCUT2D eigenvalue weighted by atomic mass is 32.2. The van der Waals surface area contributed by atoms with Crippen LogP contribution in [0.25, 0.3) is 0 Å². The van der Waals surface area contributed by atoms with Crippen molar-refractivity contribution in [3.8, 4) is 0 Å². The molecule has 0 radical (unpaired) electrons. The van der Waals surface area contributed by atoms with Crippen molar-refractivity contribution in [1.29, 1.82) is 0 Å². The molecule has 0 aliphatic heterocycles. The average molecular weight is 149 g/mol. The van der Waals surface area contributed by atoms with E-state index in [2.05, 4.69) is 0 Å². The molecule has 0 rings (SSSR count). The van der Waals surface area contributed by atoms with Crippen molar-refractivity contribution >= 4 is 10.1 Å². The first-order chi connectivity index (χ1) is 3.98. The number of allylic oxidation sites excluding steroid dienone is 1. The first kappa shape index (κ1) is 8.65. The minimum absolute atomic E-state index is 0.900. The lowest BCUT2D eigenvalue weighted by molar-refractivity contribution is 0.457. The lowest BCUT2D eigenvalue weighted by atomic mass is 10.4. The normalized spacial score (nSPS) is 16.3. The molecule has 0 N–H and O–H groups in total. The third-order valence-electron chi connectivity index (χ3n) is 0.919. The van der Waals surface area contributed by atoms with Crippen LogP contribution in [0.3, 0.4) is 0 Å². The first-order valence-electron chi connectivity index (χ1n) is 2.56.